The Hall–Kier alpha value is -1.93. The molecule has 0 bridgehead atoms. The average Bonchev–Trinajstić information content (AvgIpc) is 3.03. The number of sulfonamides is 1. The monoisotopic (exact) mass is 418 g/mol. The summed E-state index contributed by atoms with van der Waals surface area (Å²) in [6.45, 7) is 3.28. The maximum Gasteiger partial charge on any atom is 0.244 e. The molecule has 1 fully saturated rings. The average molecular weight is 419 g/mol. The molecule has 148 valence electrons. The van der Waals surface area contributed by atoms with Crippen LogP contribution in [0.15, 0.2) is 53.7 Å². The van der Waals surface area contributed by atoms with Crippen molar-refractivity contribution in [3.8, 4) is 0 Å². The first-order chi connectivity index (χ1) is 13.5. The van der Waals surface area contributed by atoms with E-state index in [2.05, 4.69) is 26.7 Å². The Kier molecular flexibility index (Phi) is 5.42. The number of aromatic nitrogens is 2. The summed E-state index contributed by atoms with van der Waals surface area (Å²) in [6.07, 6.45) is 4.86. The number of halogens is 1. The minimum absolute atomic E-state index is 0.188. The number of benzene rings is 1. The van der Waals surface area contributed by atoms with Crippen molar-refractivity contribution in [3.63, 3.8) is 0 Å². The van der Waals surface area contributed by atoms with E-state index in [-0.39, 0.29) is 9.92 Å². The van der Waals surface area contributed by atoms with Gasteiger partial charge >= 0.3 is 0 Å². The Balaban J connectivity index is 1.39. The fourth-order valence-electron chi connectivity index (χ4n) is 3.76. The Labute approximate surface area is 170 Å². The molecule has 0 amide bonds. The molecule has 0 spiro atoms. The molecule has 0 radical (unpaired) electrons. The highest BCUT2D eigenvalue weighted by atomic mass is 35.5. The highest BCUT2D eigenvalue weighted by Crippen LogP contribution is 2.25. The van der Waals surface area contributed by atoms with Crippen LogP contribution in [0.5, 0.6) is 0 Å². The first kappa shape index (κ1) is 19.4. The number of nitrogens with zero attached hydrogens (tertiary/aromatic N) is 4. The second-order valence-corrected chi connectivity index (χ2v) is 9.38. The molecular weight excluding hydrogens is 396 g/mol. The van der Waals surface area contributed by atoms with Crippen LogP contribution in [0.2, 0.25) is 5.02 Å². The predicted molar refractivity (Wildman–Crippen MR) is 111 cm³/mol. The maximum absolute atomic E-state index is 12.9. The lowest BCUT2D eigenvalue weighted by atomic mass is 10.1. The molecule has 1 aliphatic heterocycles. The number of rotatable bonds is 5. The summed E-state index contributed by atoms with van der Waals surface area (Å²) in [5, 5.41) is 1.46. The molecule has 6 nitrogen and oxygen atoms in total. The van der Waals surface area contributed by atoms with Crippen molar-refractivity contribution in [3.05, 3.63) is 59.4 Å². The van der Waals surface area contributed by atoms with E-state index in [1.54, 1.807) is 24.3 Å². The fourth-order valence-corrected chi connectivity index (χ4v) is 5.67. The molecule has 0 N–H and O–H groups in total. The smallest absolute Gasteiger partial charge is 0.244 e. The Morgan fingerprint density at radius 3 is 2.57 bits per heavy atom. The van der Waals surface area contributed by atoms with Crippen LogP contribution >= 0.6 is 11.6 Å². The van der Waals surface area contributed by atoms with Crippen molar-refractivity contribution in [2.45, 2.75) is 11.3 Å². The van der Waals surface area contributed by atoms with Crippen molar-refractivity contribution in [1.82, 2.24) is 18.8 Å². The van der Waals surface area contributed by atoms with Gasteiger partial charge in [-0.3, -0.25) is 0 Å². The van der Waals surface area contributed by atoms with Crippen LogP contribution in [0, 0.1) is 0 Å². The zero-order valence-electron chi connectivity index (χ0n) is 15.8. The third-order valence-electron chi connectivity index (χ3n) is 5.30. The summed E-state index contributed by atoms with van der Waals surface area (Å²) in [5.41, 5.74) is 2.27. The quantitative estimate of drug-likeness (QED) is 0.639. The summed E-state index contributed by atoms with van der Waals surface area (Å²) in [5.74, 6) is 0. The van der Waals surface area contributed by atoms with Crippen LogP contribution in [0.4, 0.5) is 0 Å². The third-order valence-corrected chi connectivity index (χ3v) is 7.70. The van der Waals surface area contributed by atoms with Crippen molar-refractivity contribution in [1.29, 1.82) is 0 Å². The topological polar surface area (TPSA) is 58.4 Å². The van der Waals surface area contributed by atoms with Gasteiger partial charge in [0, 0.05) is 57.6 Å². The van der Waals surface area contributed by atoms with Crippen molar-refractivity contribution in [2.24, 2.45) is 7.05 Å². The van der Waals surface area contributed by atoms with Crippen molar-refractivity contribution >= 4 is 32.7 Å². The number of hydrogen-bond acceptors (Lipinski definition) is 4. The first-order valence-corrected chi connectivity index (χ1v) is 11.1. The van der Waals surface area contributed by atoms with Gasteiger partial charge in [0.15, 0.2) is 0 Å². The Morgan fingerprint density at radius 2 is 1.82 bits per heavy atom. The third kappa shape index (κ3) is 3.67. The lowest BCUT2D eigenvalue weighted by Gasteiger charge is -2.34. The van der Waals surface area contributed by atoms with Gasteiger partial charge < -0.3 is 9.47 Å². The lowest BCUT2D eigenvalue weighted by Crippen LogP contribution is -2.49. The molecule has 28 heavy (non-hydrogen) atoms. The van der Waals surface area contributed by atoms with E-state index in [1.807, 2.05) is 19.3 Å². The highest BCUT2D eigenvalue weighted by Gasteiger charge is 2.29. The molecule has 1 saturated heterocycles. The van der Waals surface area contributed by atoms with E-state index in [9.17, 15) is 8.42 Å². The largest absolute Gasteiger partial charge is 0.335 e. The van der Waals surface area contributed by atoms with Crippen LogP contribution in [0.1, 0.15) is 5.56 Å². The molecule has 3 heterocycles. The number of aryl methyl sites for hydroxylation is 1. The molecule has 1 aliphatic rings. The van der Waals surface area contributed by atoms with Gasteiger partial charge in [0.05, 0.1) is 5.02 Å². The SMILES string of the molecule is Cn1cc(CCN2CCN(S(=O)(=O)c3ccccc3Cl)CC2)c2cccnc21. The fraction of sp³-hybridized carbons (Fsp3) is 0.350. The second kappa shape index (κ2) is 7.83. The van der Waals surface area contributed by atoms with E-state index < -0.39 is 10.0 Å². The minimum atomic E-state index is -3.55. The van der Waals surface area contributed by atoms with E-state index in [4.69, 9.17) is 11.6 Å². The maximum atomic E-state index is 12.9. The van der Waals surface area contributed by atoms with Crippen LogP contribution in [-0.4, -0.2) is 59.9 Å². The number of piperazine rings is 1. The standard InChI is InChI=1S/C20H23ClN4O2S/c1-23-15-16(17-5-4-9-22-20(17)23)8-10-24-11-13-25(14-12-24)28(26,27)19-7-3-2-6-18(19)21/h2-7,9,15H,8,10-14H2,1H3. The second-order valence-electron chi connectivity index (χ2n) is 7.07. The highest BCUT2D eigenvalue weighted by molar-refractivity contribution is 7.89. The predicted octanol–water partition coefficient (Wildman–Crippen LogP) is 2.78. The number of pyridine rings is 1. The summed E-state index contributed by atoms with van der Waals surface area (Å²) in [7, 11) is -1.53. The first-order valence-electron chi connectivity index (χ1n) is 9.33. The van der Waals surface area contributed by atoms with Crippen molar-refractivity contribution < 1.29 is 8.42 Å². The molecule has 0 saturated carbocycles. The van der Waals surface area contributed by atoms with Gasteiger partial charge in [0.1, 0.15) is 10.5 Å². The summed E-state index contributed by atoms with van der Waals surface area (Å²) < 4.78 is 29.3. The van der Waals surface area contributed by atoms with Gasteiger partial charge in [-0.05, 0) is 36.2 Å². The molecule has 8 heteroatoms. The molecule has 0 aliphatic carbocycles. The summed E-state index contributed by atoms with van der Waals surface area (Å²) in [6, 6.07) is 10.7. The van der Waals surface area contributed by atoms with E-state index in [0.29, 0.717) is 26.2 Å². The van der Waals surface area contributed by atoms with E-state index >= 15 is 0 Å². The van der Waals surface area contributed by atoms with Gasteiger partial charge in [-0.25, -0.2) is 13.4 Å². The lowest BCUT2D eigenvalue weighted by molar-refractivity contribution is 0.190. The van der Waals surface area contributed by atoms with Gasteiger partial charge in [-0.1, -0.05) is 23.7 Å². The molecule has 2 aromatic heterocycles. The van der Waals surface area contributed by atoms with Crippen LogP contribution < -0.4 is 0 Å². The number of fused-ring (bicyclic) bond motifs is 1. The molecule has 3 aromatic rings. The normalized spacial score (nSPS) is 16.6. The molecule has 4 rings (SSSR count). The van der Waals surface area contributed by atoms with Crippen molar-refractivity contribution in [2.75, 3.05) is 32.7 Å². The van der Waals surface area contributed by atoms with E-state index in [1.165, 1.54) is 15.3 Å². The van der Waals surface area contributed by atoms with Gasteiger partial charge in [0.25, 0.3) is 0 Å². The molecule has 0 atom stereocenters. The van der Waals surface area contributed by atoms with Crippen LogP contribution in [-0.2, 0) is 23.5 Å². The minimum Gasteiger partial charge on any atom is -0.335 e. The number of hydrogen-bond donors (Lipinski definition) is 0. The van der Waals surface area contributed by atoms with Gasteiger partial charge in [-0.2, -0.15) is 4.31 Å². The van der Waals surface area contributed by atoms with E-state index in [0.717, 1.165) is 18.6 Å². The zero-order valence-corrected chi connectivity index (χ0v) is 17.3. The molecule has 0 unspecified atom stereocenters. The Bertz CT molecular complexity index is 1090. The van der Waals surface area contributed by atoms with Gasteiger partial charge in [0.2, 0.25) is 10.0 Å². The zero-order chi connectivity index (χ0) is 19.7. The summed E-state index contributed by atoms with van der Waals surface area (Å²) in [4.78, 5) is 6.94. The summed E-state index contributed by atoms with van der Waals surface area (Å²) >= 11 is 6.10. The van der Waals surface area contributed by atoms with Crippen LogP contribution in [0.3, 0.4) is 0 Å². The molecule has 1 aromatic carbocycles. The van der Waals surface area contributed by atoms with Crippen LogP contribution in [0.25, 0.3) is 11.0 Å². The van der Waals surface area contributed by atoms with Gasteiger partial charge in [-0.15, -0.1) is 0 Å². The Morgan fingerprint density at radius 1 is 1.07 bits per heavy atom. The molecular formula is C20H23ClN4O2S.